The van der Waals surface area contributed by atoms with Crippen molar-refractivity contribution < 1.29 is 4.39 Å². The zero-order valence-corrected chi connectivity index (χ0v) is 11.9. The van der Waals surface area contributed by atoms with Crippen molar-refractivity contribution in [1.82, 2.24) is 0 Å². The molecule has 0 heterocycles. The molecule has 5 heteroatoms. The van der Waals surface area contributed by atoms with Gasteiger partial charge in [0.25, 0.3) is 0 Å². The molecule has 0 aromatic heterocycles. The van der Waals surface area contributed by atoms with Crippen molar-refractivity contribution in [3.05, 3.63) is 33.1 Å². The number of halogens is 3. The summed E-state index contributed by atoms with van der Waals surface area (Å²) >= 11 is 2.16. The lowest BCUT2D eigenvalue weighted by Gasteiger charge is -2.12. The normalized spacial score (nSPS) is 12.0. The molecule has 0 spiro atoms. The highest BCUT2D eigenvalue weighted by Crippen LogP contribution is 2.21. The van der Waals surface area contributed by atoms with Crippen LogP contribution in [0.5, 0.6) is 0 Å². The largest absolute Gasteiger partial charge is 0.330 e. The molecule has 0 aliphatic carbocycles. The molecule has 0 saturated carbocycles. The van der Waals surface area contributed by atoms with Gasteiger partial charge < -0.3 is 11.5 Å². The maximum atomic E-state index is 13.4. The second kappa shape index (κ2) is 8.22. The number of benzene rings is 1. The van der Waals surface area contributed by atoms with E-state index in [2.05, 4.69) is 22.6 Å². The van der Waals surface area contributed by atoms with Crippen molar-refractivity contribution in [3.63, 3.8) is 0 Å². The van der Waals surface area contributed by atoms with Crippen LogP contribution in [0.2, 0.25) is 0 Å². The van der Waals surface area contributed by atoms with Crippen LogP contribution >= 0.6 is 35.0 Å². The van der Waals surface area contributed by atoms with Crippen LogP contribution in [0, 0.1) is 9.39 Å². The van der Waals surface area contributed by atoms with E-state index in [-0.39, 0.29) is 24.3 Å². The van der Waals surface area contributed by atoms with E-state index in [0.29, 0.717) is 12.1 Å². The summed E-state index contributed by atoms with van der Waals surface area (Å²) in [7, 11) is 0. The molecule has 0 fully saturated rings. The molecule has 1 rings (SSSR count). The third kappa shape index (κ3) is 4.95. The molecule has 0 saturated heterocycles. The molecule has 1 atom stereocenters. The van der Waals surface area contributed by atoms with Crippen molar-refractivity contribution in [2.24, 2.45) is 11.5 Å². The average molecular weight is 359 g/mol. The van der Waals surface area contributed by atoms with Gasteiger partial charge in [-0.05, 0) is 60.2 Å². The van der Waals surface area contributed by atoms with Crippen LogP contribution < -0.4 is 11.5 Å². The molecule has 1 aromatic carbocycles. The van der Waals surface area contributed by atoms with E-state index in [1.54, 1.807) is 6.07 Å². The summed E-state index contributed by atoms with van der Waals surface area (Å²) in [5.74, 6) is -0.212. The lowest BCUT2D eigenvalue weighted by molar-refractivity contribution is 0.542. The van der Waals surface area contributed by atoms with Crippen molar-refractivity contribution in [2.45, 2.75) is 25.3 Å². The Kier molecular flexibility index (Phi) is 8.27. The quantitative estimate of drug-likeness (QED) is 0.628. The third-order valence-corrected chi connectivity index (χ3v) is 3.00. The summed E-state index contributed by atoms with van der Waals surface area (Å²) in [5.41, 5.74) is 11.9. The predicted octanol–water partition coefficient (Wildman–Crippen LogP) is 2.98. The minimum atomic E-state index is -0.216. The Morgan fingerprint density at radius 2 is 2.00 bits per heavy atom. The fraction of sp³-hybridized carbons (Fsp3) is 0.455. The first kappa shape index (κ1) is 16.1. The van der Waals surface area contributed by atoms with Gasteiger partial charge in [-0.3, -0.25) is 0 Å². The van der Waals surface area contributed by atoms with E-state index < -0.39 is 0 Å². The number of hydrogen-bond acceptors (Lipinski definition) is 2. The first-order valence-electron chi connectivity index (χ1n) is 5.05. The van der Waals surface area contributed by atoms with Crippen molar-refractivity contribution in [2.75, 3.05) is 6.54 Å². The molecule has 0 amide bonds. The molecule has 0 bridgehead atoms. The molecule has 0 unspecified atom stereocenters. The summed E-state index contributed by atoms with van der Waals surface area (Å²) in [6.45, 7) is 0.668. The Balaban J connectivity index is 0.00000225. The standard InChI is InChI=1S/C11H16FIN2.ClH/c12-10-5-4-8(13)7-9(10)11(15)3-1-2-6-14;/h4-5,7,11H,1-3,6,14-15H2;1H/t11-;/m0./s1. The van der Waals surface area contributed by atoms with Gasteiger partial charge in [0.1, 0.15) is 5.82 Å². The molecule has 0 aliphatic heterocycles. The van der Waals surface area contributed by atoms with Gasteiger partial charge in [0.15, 0.2) is 0 Å². The predicted molar refractivity (Wildman–Crippen MR) is 76.2 cm³/mol. The minimum absolute atomic E-state index is 0. The Hall–Kier alpha value is 0.0900. The summed E-state index contributed by atoms with van der Waals surface area (Å²) in [6.07, 6.45) is 2.68. The van der Waals surface area contributed by atoms with Crippen LogP contribution in [0.4, 0.5) is 4.39 Å². The lowest BCUT2D eigenvalue weighted by Crippen LogP contribution is -2.13. The van der Waals surface area contributed by atoms with Gasteiger partial charge in [-0.1, -0.05) is 6.42 Å². The smallest absolute Gasteiger partial charge is 0.128 e. The second-order valence-electron chi connectivity index (χ2n) is 3.56. The number of rotatable bonds is 5. The molecule has 4 N–H and O–H groups in total. The van der Waals surface area contributed by atoms with Gasteiger partial charge in [0.2, 0.25) is 0 Å². The monoisotopic (exact) mass is 358 g/mol. The molecule has 0 aliphatic rings. The Morgan fingerprint density at radius 1 is 1.31 bits per heavy atom. The van der Waals surface area contributed by atoms with Crippen molar-refractivity contribution in [3.8, 4) is 0 Å². The molecule has 1 aromatic rings. The fourth-order valence-corrected chi connectivity index (χ4v) is 1.98. The highest BCUT2D eigenvalue weighted by molar-refractivity contribution is 14.1. The van der Waals surface area contributed by atoms with Crippen molar-refractivity contribution >= 4 is 35.0 Å². The van der Waals surface area contributed by atoms with Crippen LogP contribution in [-0.2, 0) is 0 Å². The summed E-state index contributed by atoms with van der Waals surface area (Å²) in [5, 5.41) is 0. The number of nitrogens with two attached hydrogens (primary N) is 2. The molecular weight excluding hydrogens is 341 g/mol. The van der Waals surface area contributed by atoms with Gasteiger partial charge in [0, 0.05) is 15.2 Å². The molecule has 2 nitrogen and oxygen atoms in total. The number of hydrogen-bond donors (Lipinski definition) is 2. The van der Waals surface area contributed by atoms with E-state index >= 15 is 0 Å². The minimum Gasteiger partial charge on any atom is -0.330 e. The molecular formula is C11H17ClFIN2. The van der Waals surface area contributed by atoms with E-state index in [1.807, 2.05) is 6.07 Å². The zero-order chi connectivity index (χ0) is 11.3. The zero-order valence-electron chi connectivity index (χ0n) is 8.96. The van der Waals surface area contributed by atoms with E-state index in [9.17, 15) is 4.39 Å². The van der Waals surface area contributed by atoms with Gasteiger partial charge in [-0.25, -0.2) is 4.39 Å². The van der Waals surface area contributed by atoms with Crippen molar-refractivity contribution in [1.29, 1.82) is 0 Å². The summed E-state index contributed by atoms with van der Waals surface area (Å²) in [4.78, 5) is 0. The highest BCUT2D eigenvalue weighted by Gasteiger charge is 2.11. The van der Waals surface area contributed by atoms with Gasteiger partial charge in [0.05, 0.1) is 0 Å². The van der Waals surface area contributed by atoms with Crippen LogP contribution in [0.15, 0.2) is 18.2 Å². The van der Waals surface area contributed by atoms with E-state index in [0.717, 1.165) is 22.8 Å². The van der Waals surface area contributed by atoms with Crippen LogP contribution in [0.3, 0.4) is 0 Å². The first-order valence-corrected chi connectivity index (χ1v) is 6.13. The average Bonchev–Trinajstić information content (AvgIpc) is 2.22. The lowest BCUT2D eigenvalue weighted by atomic mass is 10.0. The maximum Gasteiger partial charge on any atom is 0.128 e. The SMILES string of the molecule is Cl.NCCCC[C@H](N)c1cc(I)ccc1F. The Bertz CT molecular complexity index is 323. The van der Waals surface area contributed by atoms with Gasteiger partial charge in [-0.15, -0.1) is 12.4 Å². The summed E-state index contributed by atoms with van der Waals surface area (Å²) < 4.78 is 14.4. The molecule has 16 heavy (non-hydrogen) atoms. The van der Waals surface area contributed by atoms with Crippen LogP contribution in [0.1, 0.15) is 30.9 Å². The second-order valence-corrected chi connectivity index (χ2v) is 4.80. The maximum absolute atomic E-state index is 13.4. The molecule has 0 radical (unpaired) electrons. The van der Waals surface area contributed by atoms with Crippen LogP contribution in [0.25, 0.3) is 0 Å². The van der Waals surface area contributed by atoms with Gasteiger partial charge in [-0.2, -0.15) is 0 Å². The topological polar surface area (TPSA) is 52.0 Å². The summed E-state index contributed by atoms with van der Waals surface area (Å²) in [6, 6.07) is 4.81. The third-order valence-electron chi connectivity index (χ3n) is 2.33. The highest BCUT2D eigenvalue weighted by atomic mass is 127. The fourth-order valence-electron chi connectivity index (χ4n) is 1.46. The number of unbranched alkanes of at least 4 members (excludes halogenated alkanes) is 1. The first-order chi connectivity index (χ1) is 7.15. The van der Waals surface area contributed by atoms with E-state index in [4.69, 9.17) is 11.5 Å². The molecule has 92 valence electrons. The Morgan fingerprint density at radius 3 is 2.62 bits per heavy atom. The Labute approximate surface area is 116 Å². The van der Waals surface area contributed by atoms with Crippen LogP contribution in [-0.4, -0.2) is 6.54 Å². The van der Waals surface area contributed by atoms with E-state index in [1.165, 1.54) is 6.07 Å². The van der Waals surface area contributed by atoms with Gasteiger partial charge >= 0.3 is 0 Å².